The Balaban J connectivity index is 1.67. The maximum Gasteiger partial charge on any atom is 0.0441 e. The molecule has 3 unspecified atom stereocenters. The van der Waals surface area contributed by atoms with Gasteiger partial charge in [-0.25, -0.2) is 0 Å². The van der Waals surface area contributed by atoms with Crippen LogP contribution < -0.4 is 0 Å². The molecule has 1 nitrogen and oxygen atoms in total. The molecular weight excluding hydrogens is 278 g/mol. The molecule has 0 bridgehead atoms. The van der Waals surface area contributed by atoms with Gasteiger partial charge in [-0.2, -0.15) is 0 Å². The maximum absolute atomic E-state index is 6.40. The summed E-state index contributed by atoms with van der Waals surface area (Å²) in [6.07, 6.45) is 5.37. The van der Waals surface area contributed by atoms with Gasteiger partial charge in [0.05, 0.1) is 0 Å². The first-order chi connectivity index (χ1) is 9.95. The van der Waals surface area contributed by atoms with Crippen molar-refractivity contribution < 1.29 is 0 Å². The van der Waals surface area contributed by atoms with Crippen molar-refractivity contribution in [2.45, 2.75) is 58.4 Å². The van der Waals surface area contributed by atoms with Gasteiger partial charge in [-0.05, 0) is 61.1 Å². The molecule has 0 spiro atoms. The van der Waals surface area contributed by atoms with Gasteiger partial charge < -0.3 is 0 Å². The first kappa shape index (κ1) is 15.4. The van der Waals surface area contributed by atoms with Crippen LogP contribution in [-0.4, -0.2) is 24.0 Å². The lowest BCUT2D eigenvalue weighted by molar-refractivity contribution is 0.0324. The Morgan fingerprint density at radius 3 is 2.57 bits per heavy atom. The van der Waals surface area contributed by atoms with Crippen LogP contribution in [0.15, 0.2) is 24.3 Å². The van der Waals surface area contributed by atoms with Gasteiger partial charge in [-0.15, -0.1) is 0 Å². The predicted octanol–water partition coefficient (Wildman–Crippen LogP) is 5.34. The quantitative estimate of drug-likeness (QED) is 0.676. The molecule has 1 aromatic rings. The van der Waals surface area contributed by atoms with Crippen LogP contribution in [0.2, 0.25) is 5.02 Å². The van der Waals surface area contributed by atoms with Crippen LogP contribution >= 0.6 is 11.6 Å². The molecule has 116 valence electrons. The van der Waals surface area contributed by atoms with Gasteiger partial charge >= 0.3 is 0 Å². The zero-order chi connectivity index (χ0) is 15.0. The van der Waals surface area contributed by atoms with Crippen molar-refractivity contribution in [1.29, 1.82) is 0 Å². The second-order valence-corrected chi connectivity index (χ2v) is 8.44. The minimum Gasteiger partial charge on any atom is -0.300 e. The number of rotatable bonds is 1. The molecule has 0 aromatic heterocycles. The molecule has 2 fully saturated rings. The van der Waals surface area contributed by atoms with Crippen molar-refractivity contribution in [2.75, 3.05) is 13.1 Å². The van der Waals surface area contributed by atoms with Gasteiger partial charge in [0.1, 0.15) is 0 Å². The van der Waals surface area contributed by atoms with Crippen molar-refractivity contribution >= 4 is 11.6 Å². The Labute approximate surface area is 134 Å². The third-order valence-electron chi connectivity index (χ3n) is 5.71. The fourth-order valence-electron chi connectivity index (χ4n) is 4.25. The SMILES string of the molecule is CC(C)(C)C1CCN2CC(c3ccccc3Cl)CCC2C1. The lowest BCUT2D eigenvalue weighted by atomic mass is 9.71. The highest BCUT2D eigenvalue weighted by Gasteiger charge is 2.38. The smallest absolute Gasteiger partial charge is 0.0441 e. The monoisotopic (exact) mass is 305 g/mol. The summed E-state index contributed by atoms with van der Waals surface area (Å²) in [5.41, 5.74) is 1.82. The summed E-state index contributed by atoms with van der Waals surface area (Å²) in [6, 6.07) is 9.22. The molecule has 2 saturated heterocycles. The normalized spacial score (nSPS) is 31.0. The molecule has 2 aliphatic heterocycles. The minimum atomic E-state index is 0.464. The molecule has 1 aromatic carbocycles. The Kier molecular flexibility index (Phi) is 4.34. The van der Waals surface area contributed by atoms with E-state index in [0.29, 0.717) is 11.3 Å². The standard InChI is InChI=1S/C19H28ClN/c1-19(2,3)15-10-11-21-13-14(8-9-16(21)12-15)17-6-4-5-7-18(17)20/h4-7,14-16H,8-13H2,1-3H3. The molecule has 3 rings (SSSR count). The number of benzene rings is 1. The summed E-state index contributed by atoms with van der Waals surface area (Å²) in [5.74, 6) is 1.51. The van der Waals surface area contributed by atoms with E-state index in [-0.39, 0.29) is 0 Å². The molecule has 2 heteroatoms. The Hall–Kier alpha value is -0.530. The van der Waals surface area contributed by atoms with Crippen molar-refractivity contribution in [1.82, 2.24) is 4.90 Å². The van der Waals surface area contributed by atoms with E-state index in [1.807, 2.05) is 12.1 Å². The van der Waals surface area contributed by atoms with Gasteiger partial charge in [0.25, 0.3) is 0 Å². The molecule has 2 aliphatic rings. The molecule has 0 radical (unpaired) electrons. The highest BCUT2D eigenvalue weighted by atomic mass is 35.5. The lowest BCUT2D eigenvalue weighted by Gasteiger charge is -2.48. The van der Waals surface area contributed by atoms with Crippen LogP contribution in [0.4, 0.5) is 0 Å². The predicted molar refractivity (Wildman–Crippen MR) is 91.0 cm³/mol. The second-order valence-electron chi connectivity index (χ2n) is 8.03. The highest BCUT2D eigenvalue weighted by molar-refractivity contribution is 6.31. The lowest BCUT2D eigenvalue weighted by Crippen LogP contribution is -2.49. The molecule has 0 N–H and O–H groups in total. The summed E-state index contributed by atoms with van der Waals surface area (Å²) < 4.78 is 0. The fourth-order valence-corrected chi connectivity index (χ4v) is 4.54. The Morgan fingerprint density at radius 2 is 1.86 bits per heavy atom. The number of hydrogen-bond acceptors (Lipinski definition) is 1. The van der Waals surface area contributed by atoms with Crippen molar-refractivity contribution in [2.24, 2.45) is 11.3 Å². The van der Waals surface area contributed by atoms with Crippen LogP contribution in [0.5, 0.6) is 0 Å². The first-order valence-electron chi connectivity index (χ1n) is 8.43. The summed E-state index contributed by atoms with van der Waals surface area (Å²) >= 11 is 6.40. The van der Waals surface area contributed by atoms with E-state index in [9.17, 15) is 0 Å². The van der Waals surface area contributed by atoms with Crippen molar-refractivity contribution in [3.05, 3.63) is 34.9 Å². The largest absolute Gasteiger partial charge is 0.300 e. The minimum absolute atomic E-state index is 0.464. The third-order valence-corrected chi connectivity index (χ3v) is 6.06. The average molecular weight is 306 g/mol. The van der Waals surface area contributed by atoms with E-state index in [1.54, 1.807) is 0 Å². The number of fused-ring (bicyclic) bond motifs is 1. The van der Waals surface area contributed by atoms with E-state index in [1.165, 1.54) is 44.3 Å². The Bertz CT molecular complexity index is 491. The zero-order valence-corrected chi connectivity index (χ0v) is 14.4. The van der Waals surface area contributed by atoms with Gasteiger partial charge in [0.15, 0.2) is 0 Å². The summed E-state index contributed by atoms with van der Waals surface area (Å²) in [6.45, 7) is 9.69. The first-order valence-corrected chi connectivity index (χ1v) is 8.81. The van der Waals surface area contributed by atoms with Gasteiger partial charge in [-0.1, -0.05) is 50.6 Å². The van der Waals surface area contributed by atoms with Crippen molar-refractivity contribution in [3.63, 3.8) is 0 Å². The molecule has 21 heavy (non-hydrogen) atoms. The van der Waals surface area contributed by atoms with E-state index in [2.05, 4.69) is 37.8 Å². The second kappa shape index (κ2) is 5.93. The van der Waals surface area contributed by atoms with Gasteiger partial charge in [0.2, 0.25) is 0 Å². The summed E-state index contributed by atoms with van der Waals surface area (Å²) in [7, 11) is 0. The number of piperidine rings is 2. The number of halogens is 1. The molecule has 0 amide bonds. The van der Waals surface area contributed by atoms with E-state index < -0.39 is 0 Å². The van der Waals surface area contributed by atoms with Crippen LogP contribution in [0, 0.1) is 11.3 Å². The fraction of sp³-hybridized carbons (Fsp3) is 0.684. The van der Waals surface area contributed by atoms with Crippen LogP contribution in [-0.2, 0) is 0 Å². The van der Waals surface area contributed by atoms with Gasteiger partial charge in [-0.3, -0.25) is 4.90 Å². The highest BCUT2D eigenvalue weighted by Crippen LogP contribution is 2.42. The summed E-state index contributed by atoms with van der Waals surface area (Å²) in [4.78, 5) is 2.74. The van der Waals surface area contributed by atoms with Crippen LogP contribution in [0.25, 0.3) is 0 Å². The third kappa shape index (κ3) is 3.29. The van der Waals surface area contributed by atoms with Crippen molar-refractivity contribution in [3.8, 4) is 0 Å². The van der Waals surface area contributed by atoms with Crippen LogP contribution in [0.1, 0.15) is 57.9 Å². The molecule has 0 saturated carbocycles. The van der Waals surface area contributed by atoms with E-state index >= 15 is 0 Å². The number of nitrogens with zero attached hydrogens (tertiary/aromatic N) is 1. The summed E-state index contributed by atoms with van der Waals surface area (Å²) in [5, 5.41) is 0.950. The number of hydrogen-bond donors (Lipinski definition) is 0. The van der Waals surface area contributed by atoms with Gasteiger partial charge in [0, 0.05) is 17.6 Å². The molecule has 0 aliphatic carbocycles. The molecular formula is C19H28ClN. The maximum atomic E-state index is 6.40. The van der Waals surface area contributed by atoms with E-state index in [0.717, 1.165) is 17.0 Å². The average Bonchev–Trinajstić information content (AvgIpc) is 2.46. The van der Waals surface area contributed by atoms with E-state index in [4.69, 9.17) is 11.6 Å². The van der Waals surface area contributed by atoms with Crippen LogP contribution in [0.3, 0.4) is 0 Å². The Morgan fingerprint density at radius 1 is 1.10 bits per heavy atom. The zero-order valence-electron chi connectivity index (χ0n) is 13.6. The topological polar surface area (TPSA) is 3.24 Å². The molecule has 3 atom stereocenters. The molecule has 2 heterocycles.